The predicted molar refractivity (Wildman–Crippen MR) is 48.7 cm³/mol. The first-order valence-electron chi connectivity index (χ1n) is 4.31. The number of nitrogens with zero attached hydrogens (tertiary/aromatic N) is 2. The second kappa shape index (κ2) is 3.77. The maximum Gasteiger partial charge on any atom is 0.305 e. The Labute approximate surface area is 81.3 Å². The number of rotatable bonds is 4. The summed E-state index contributed by atoms with van der Waals surface area (Å²) in [5.41, 5.74) is -1.61. The normalized spacial score (nSPS) is 13.9. The lowest BCUT2D eigenvalue weighted by molar-refractivity contribution is -0.139. The molecule has 1 N–H and O–H groups in total. The van der Waals surface area contributed by atoms with Crippen LogP contribution in [0.4, 0.5) is 4.39 Å². The summed E-state index contributed by atoms with van der Waals surface area (Å²) in [6, 6.07) is 0.871. The van der Waals surface area contributed by atoms with Crippen LogP contribution in [0.1, 0.15) is 26.3 Å². The molecule has 1 unspecified atom stereocenters. The maximum absolute atomic E-state index is 13.7. The second-order valence-electron chi connectivity index (χ2n) is 3.66. The van der Waals surface area contributed by atoms with E-state index in [1.54, 1.807) is 12.3 Å². The highest BCUT2D eigenvalue weighted by Gasteiger charge is 2.32. The van der Waals surface area contributed by atoms with Crippen molar-refractivity contribution in [2.45, 2.75) is 32.0 Å². The minimum absolute atomic E-state index is 0.273. The van der Waals surface area contributed by atoms with E-state index in [-0.39, 0.29) is 6.42 Å². The Morgan fingerprint density at radius 2 is 2.36 bits per heavy atom. The van der Waals surface area contributed by atoms with Crippen molar-refractivity contribution >= 4 is 5.97 Å². The Morgan fingerprint density at radius 3 is 2.71 bits per heavy atom. The molecule has 0 aliphatic rings. The fourth-order valence-electron chi connectivity index (χ4n) is 1.28. The minimum Gasteiger partial charge on any atom is -0.481 e. The summed E-state index contributed by atoms with van der Waals surface area (Å²) in [5, 5.41) is 12.5. The van der Waals surface area contributed by atoms with Crippen LogP contribution in [0, 0.1) is 0 Å². The zero-order valence-corrected chi connectivity index (χ0v) is 8.14. The molecule has 1 rings (SSSR count). The Balaban J connectivity index is 2.89. The van der Waals surface area contributed by atoms with Crippen molar-refractivity contribution in [3.8, 4) is 0 Å². The van der Waals surface area contributed by atoms with E-state index < -0.39 is 17.7 Å². The number of carboxylic acid groups (broad SMARTS) is 1. The van der Waals surface area contributed by atoms with Gasteiger partial charge in [-0.25, -0.2) is 4.39 Å². The second-order valence-corrected chi connectivity index (χ2v) is 3.66. The molecule has 14 heavy (non-hydrogen) atoms. The molecule has 0 saturated carbocycles. The van der Waals surface area contributed by atoms with E-state index in [9.17, 15) is 9.18 Å². The van der Waals surface area contributed by atoms with Crippen molar-refractivity contribution < 1.29 is 14.3 Å². The monoisotopic (exact) mass is 200 g/mol. The lowest BCUT2D eigenvalue weighted by Crippen LogP contribution is -2.31. The average molecular weight is 200 g/mol. The minimum atomic E-state index is -1.61. The molecule has 0 aliphatic carbocycles. The number of aromatic nitrogens is 2. The van der Waals surface area contributed by atoms with Gasteiger partial charge in [0.2, 0.25) is 0 Å². The average Bonchev–Trinajstić information content (AvgIpc) is 2.49. The van der Waals surface area contributed by atoms with E-state index in [1.165, 1.54) is 24.7 Å². The third-order valence-electron chi connectivity index (χ3n) is 2.00. The van der Waals surface area contributed by atoms with Crippen LogP contribution in [0.3, 0.4) is 0 Å². The van der Waals surface area contributed by atoms with E-state index in [0.29, 0.717) is 0 Å². The van der Waals surface area contributed by atoms with Gasteiger partial charge in [-0.1, -0.05) is 0 Å². The maximum atomic E-state index is 13.7. The molecule has 0 bridgehead atoms. The summed E-state index contributed by atoms with van der Waals surface area (Å²) in [5.74, 6) is -1.03. The first-order chi connectivity index (χ1) is 6.41. The molecular formula is C9H13FN2O2. The first kappa shape index (κ1) is 10.7. The quantitative estimate of drug-likeness (QED) is 0.803. The van der Waals surface area contributed by atoms with Crippen LogP contribution < -0.4 is 0 Å². The Bertz CT molecular complexity index is 303. The summed E-state index contributed by atoms with van der Waals surface area (Å²) in [7, 11) is 0. The Kier molecular flexibility index (Phi) is 2.88. The zero-order chi connectivity index (χ0) is 10.8. The van der Waals surface area contributed by atoms with Crippen molar-refractivity contribution in [1.29, 1.82) is 0 Å². The van der Waals surface area contributed by atoms with Crippen LogP contribution >= 0.6 is 0 Å². The number of alkyl halides is 1. The van der Waals surface area contributed by atoms with Gasteiger partial charge in [-0.05, 0) is 19.9 Å². The van der Waals surface area contributed by atoms with Gasteiger partial charge in [-0.3, -0.25) is 9.48 Å². The van der Waals surface area contributed by atoms with Gasteiger partial charge in [-0.15, -0.1) is 0 Å². The van der Waals surface area contributed by atoms with Gasteiger partial charge >= 0.3 is 5.97 Å². The topological polar surface area (TPSA) is 55.1 Å². The van der Waals surface area contributed by atoms with Gasteiger partial charge in [0.25, 0.3) is 0 Å². The highest BCUT2D eigenvalue weighted by atomic mass is 19.1. The fourth-order valence-corrected chi connectivity index (χ4v) is 1.28. The lowest BCUT2D eigenvalue weighted by atomic mass is 9.98. The van der Waals surface area contributed by atoms with Crippen LogP contribution in [0.25, 0.3) is 0 Å². The summed E-state index contributed by atoms with van der Waals surface area (Å²) in [6.07, 6.45) is 2.79. The zero-order valence-electron chi connectivity index (χ0n) is 8.14. The number of carboxylic acids is 1. The van der Waals surface area contributed by atoms with Crippen LogP contribution in [0.15, 0.2) is 18.5 Å². The fraction of sp³-hybridized carbons (Fsp3) is 0.556. The van der Waals surface area contributed by atoms with Crippen molar-refractivity contribution in [3.05, 3.63) is 18.5 Å². The molecule has 0 amide bonds. The Hall–Kier alpha value is -1.39. The third kappa shape index (κ3) is 2.55. The molecule has 78 valence electrons. The molecule has 1 aromatic rings. The molecule has 0 aliphatic heterocycles. The molecule has 0 aromatic carbocycles. The number of carbonyl (C=O) groups is 1. The van der Waals surface area contributed by atoms with Crippen molar-refractivity contribution in [2.24, 2.45) is 0 Å². The lowest BCUT2D eigenvalue weighted by Gasteiger charge is -2.25. The molecule has 0 spiro atoms. The summed E-state index contributed by atoms with van der Waals surface area (Å²) >= 11 is 0. The molecule has 5 heteroatoms. The van der Waals surface area contributed by atoms with Gasteiger partial charge in [-0.2, -0.15) is 5.10 Å². The van der Waals surface area contributed by atoms with E-state index in [2.05, 4.69) is 5.10 Å². The molecule has 0 fully saturated rings. The van der Waals surface area contributed by atoms with E-state index in [4.69, 9.17) is 5.11 Å². The van der Waals surface area contributed by atoms with E-state index in [0.717, 1.165) is 0 Å². The molecule has 0 saturated heterocycles. The number of aliphatic carboxylic acids is 1. The highest BCUT2D eigenvalue weighted by Crippen LogP contribution is 2.28. The number of hydrogen-bond donors (Lipinski definition) is 1. The van der Waals surface area contributed by atoms with Gasteiger partial charge < -0.3 is 5.11 Å². The number of halogens is 1. The van der Waals surface area contributed by atoms with Crippen LogP contribution in [-0.2, 0) is 4.79 Å². The van der Waals surface area contributed by atoms with Crippen LogP contribution in [0.5, 0.6) is 0 Å². The molecule has 1 atom stereocenters. The van der Waals surface area contributed by atoms with Crippen LogP contribution in [0.2, 0.25) is 0 Å². The predicted octanol–water partition coefficient (Wildman–Crippen LogP) is 1.65. The highest BCUT2D eigenvalue weighted by molar-refractivity contribution is 5.67. The molecule has 1 heterocycles. The smallest absolute Gasteiger partial charge is 0.305 e. The van der Waals surface area contributed by atoms with Gasteiger partial charge in [0.15, 0.2) is 0 Å². The summed E-state index contributed by atoms with van der Waals surface area (Å²) in [6.45, 7) is 2.70. The third-order valence-corrected chi connectivity index (χ3v) is 2.00. The Morgan fingerprint density at radius 1 is 1.71 bits per heavy atom. The van der Waals surface area contributed by atoms with Crippen LogP contribution in [-0.4, -0.2) is 26.5 Å². The van der Waals surface area contributed by atoms with Gasteiger partial charge in [0.05, 0.1) is 12.5 Å². The summed E-state index contributed by atoms with van der Waals surface area (Å²) < 4.78 is 15.0. The molecule has 0 radical (unpaired) electrons. The SMILES string of the molecule is CC(C)(F)C(CC(=O)O)n1cccn1. The largest absolute Gasteiger partial charge is 0.481 e. The standard InChI is InChI=1S/C9H13FN2O2/c1-9(2,10)7(6-8(13)14)12-5-3-4-11-12/h3-5,7H,6H2,1-2H3,(H,13,14). The van der Waals surface area contributed by atoms with Gasteiger partial charge in [0, 0.05) is 12.4 Å². The van der Waals surface area contributed by atoms with Crippen molar-refractivity contribution in [1.82, 2.24) is 9.78 Å². The summed E-state index contributed by atoms with van der Waals surface area (Å²) in [4.78, 5) is 10.5. The first-order valence-corrected chi connectivity index (χ1v) is 4.31. The molecule has 4 nitrogen and oxygen atoms in total. The number of hydrogen-bond acceptors (Lipinski definition) is 2. The van der Waals surface area contributed by atoms with Crippen molar-refractivity contribution in [3.63, 3.8) is 0 Å². The van der Waals surface area contributed by atoms with Crippen molar-refractivity contribution in [2.75, 3.05) is 0 Å². The van der Waals surface area contributed by atoms with E-state index >= 15 is 0 Å². The van der Waals surface area contributed by atoms with E-state index in [1.807, 2.05) is 0 Å². The molecule has 1 aromatic heterocycles. The molecular weight excluding hydrogens is 187 g/mol. The van der Waals surface area contributed by atoms with Gasteiger partial charge in [0.1, 0.15) is 5.67 Å².